The van der Waals surface area contributed by atoms with Gasteiger partial charge in [-0.3, -0.25) is 4.90 Å². The van der Waals surface area contributed by atoms with Crippen LogP contribution in [0.4, 0.5) is 17.6 Å². The van der Waals surface area contributed by atoms with Crippen LogP contribution in [0.1, 0.15) is 45.7 Å². The molecular formula is C28H39N7O. The normalized spacial score (nSPS) is 18.8. The Morgan fingerprint density at radius 2 is 1.83 bits per heavy atom. The number of aromatic nitrogens is 3. The van der Waals surface area contributed by atoms with Gasteiger partial charge in [0.2, 0.25) is 5.95 Å². The Morgan fingerprint density at radius 1 is 1.03 bits per heavy atom. The molecule has 4 N–H and O–H groups in total. The van der Waals surface area contributed by atoms with Crippen molar-refractivity contribution in [2.75, 3.05) is 42.2 Å². The monoisotopic (exact) mass is 489 g/mol. The molecule has 1 aliphatic heterocycles. The summed E-state index contributed by atoms with van der Waals surface area (Å²) >= 11 is 0. The van der Waals surface area contributed by atoms with Crippen LogP contribution in [0.15, 0.2) is 54.7 Å². The van der Waals surface area contributed by atoms with E-state index in [0.29, 0.717) is 36.3 Å². The number of likely N-dealkylation sites (tertiary alicyclic amines) is 1. The first kappa shape index (κ1) is 25.9. The lowest BCUT2D eigenvalue weighted by Crippen LogP contribution is -2.39. The lowest BCUT2D eigenvalue weighted by molar-refractivity contribution is 0.208. The van der Waals surface area contributed by atoms with Crippen LogP contribution < -0.4 is 16.0 Å². The first-order valence-corrected chi connectivity index (χ1v) is 12.9. The van der Waals surface area contributed by atoms with Gasteiger partial charge in [-0.05, 0) is 50.8 Å². The summed E-state index contributed by atoms with van der Waals surface area (Å²) in [6.45, 7) is 11.3. The lowest BCUT2D eigenvalue weighted by atomic mass is 10.1. The zero-order valence-corrected chi connectivity index (χ0v) is 21.8. The molecule has 8 nitrogen and oxygen atoms in total. The molecule has 0 saturated carbocycles. The SMILES string of the molecule is CC1CC(CNc2nc(NCCO)cc(-c3ccnc(N[C@@H](C)c4ccccc4)c3)n2)N(C(C)C)C1. The Labute approximate surface area is 214 Å². The van der Waals surface area contributed by atoms with Crippen molar-refractivity contribution in [3.63, 3.8) is 0 Å². The molecule has 0 radical (unpaired) electrons. The van der Waals surface area contributed by atoms with E-state index in [9.17, 15) is 5.11 Å². The molecule has 2 unspecified atom stereocenters. The van der Waals surface area contributed by atoms with Crippen molar-refractivity contribution in [1.29, 1.82) is 0 Å². The van der Waals surface area contributed by atoms with E-state index < -0.39 is 0 Å². The number of hydrogen-bond acceptors (Lipinski definition) is 8. The molecule has 1 saturated heterocycles. The number of hydrogen-bond donors (Lipinski definition) is 4. The third kappa shape index (κ3) is 6.71. The fraction of sp³-hybridized carbons (Fsp3) is 0.464. The van der Waals surface area contributed by atoms with Crippen molar-refractivity contribution >= 4 is 17.6 Å². The van der Waals surface area contributed by atoms with E-state index >= 15 is 0 Å². The summed E-state index contributed by atoms with van der Waals surface area (Å²) in [7, 11) is 0. The van der Waals surface area contributed by atoms with Gasteiger partial charge in [-0.1, -0.05) is 37.3 Å². The number of aliphatic hydroxyl groups is 1. The summed E-state index contributed by atoms with van der Waals surface area (Å²) in [6, 6.07) is 17.3. The molecule has 4 rings (SSSR count). The van der Waals surface area contributed by atoms with Crippen LogP contribution in [0.3, 0.4) is 0 Å². The first-order chi connectivity index (χ1) is 17.4. The van der Waals surface area contributed by atoms with Crippen LogP contribution in [0, 0.1) is 5.92 Å². The minimum Gasteiger partial charge on any atom is -0.395 e. The van der Waals surface area contributed by atoms with Gasteiger partial charge in [-0.2, -0.15) is 4.98 Å². The highest BCUT2D eigenvalue weighted by atomic mass is 16.3. The minimum atomic E-state index is 0.0338. The molecule has 192 valence electrons. The van der Waals surface area contributed by atoms with Gasteiger partial charge in [0.1, 0.15) is 11.6 Å². The number of aliphatic hydroxyl groups excluding tert-OH is 1. The average molecular weight is 490 g/mol. The molecule has 1 fully saturated rings. The molecule has 3 atom stereocenters. The Kier molecular flexibility index (Phi) is 8.72. The molecule has 0 bridgehead atoms. The molecule has 2 aromatic heterocycles. The van der Waals surface area contributed by atoms with Gasteiger partial charge in [0, 0.05) is 55.6 Å². The molecule has 1 aromatic carbocycles. The highest BCUT2D eigenvalue weighted by Crippen LogP contribution is 2.27. The van der Waals surface area contributed by atoms with E-state index in [4.69, 9.17) is 4.98 Å². The van der Waals surface area contributed by atoms with Gasteiger partial charge in [0.15, 0.2) is 0 Å². The molecule has 36 heavy (non-hydrogen) atoms. The van der Waals surface area contributed by atoms with Crippen molar-refractivity contribution in [1.82, 2.24) is 19.9 Å². The van der Waals surface area contributed by atoms with Crippen molar-refractivity contribution < 1.29 is 5.11 Å². The second-order valence-electron chi connectivity index (χ2n) is 9.99. The molecular weight excluding hydrogens is 450 g/mol. The maximum atomic E-state index is 9.31. The number of pyridine rings is 1. The summed E-state index contributed by atoms with van der Waals surface area (Å²) in [5.41, 5.74) is 2.94. The van der Waals surface area contributed by atoms with Gasteiger partial charge in [-0.15, -0.1) is 0 Å². The Balaban J connectivity index is 1.54. The number of nitrogens with one attached hydrogen (secondary N) is 3. The van der Waals surface area contributed by atoms with Crippen molar-refractivity contribution in [2.24, 2.45) is 5.92 Å². The van der Waals surface area contributed by atoms with Crippen LogP contribution in [-0.4, -0.2) is 63.3 Å². The molecule has 3 aromatic rings. The lowest BCUT2D eigenvalue weighted by Gasteiger charge is -2.28. The predicted molar refractivity (Wildman–Crippen MR) is 147 cm³/mol. The number of rotatable bonds is 11. The molecule has 0 aliphatic carbocycles. The maximum Gasteiger partial charge on any atom is 0.225 e. The molecule has 3 heterocycles. The molecule has 1 aliphatic rings. The van der Waals surface area contributed by atoms with Gasteiger partial charge in [0.05, 0.1) is 12.3 Å². The zero-order valence-electron chi connectivity index (χ0n) is 21.8. The molecule has 8 heteroatoms. The van der Waals surface area contributed by atoms with Crippen LogP contribution in [0.5, 0.6) is 0 Å². The largest absolute Gasteiger partial charge is 0.395 e. The fourth-order valence-electron chi connectivity index (χ4n) is 4.89. The van der Waals surface area contributed by atoms with Crippen LogP contribution in [-0.2, 0) is 0 Å². The average Bonchev–Trinajstić information content (AvgIpc) is 3.27. The van der Waals surface area contributed by atoms with Gasteiger partial charge in [0.25, 0.3) is 0 Å². The van der Waals surface area contributed by atoms with E-state index in [-0.39, 0.29) is 12.6 Å². The van der Waals surface area contributed by atoms with E-state index in [2.05, 4.69) is 70.6 Å². The second kappa shape index (κ2) is 12.1. The number of nitrogens with zero attached hydrogens (tertiary/aromatic N) is 4. The highest BCUT2D eigenvalue weighted by molar-refractivity contribution is 5.67. The number of anilines is 3. The topological polar surface area (TPSA) is 98.2 Å². The standard InChI is InChI=1S/C28H39N7O/c1-19(2)35-18-20(3)14-24(35)17-31-28-33-25(16-27(34-28)30-12-13-36)23-10-11-29-26(15-23)32-21(4)22-8-6-5-7-9-22/h5-11,15-16,19-21,24,36H,12-14,17-18H2,1-4H3,(H,29,32)(H2,30,31,33,34)/t20?,21-,24?/m0/s1. The molecule has 0 amide bonds. The zero-order chi connectivity index (χ0) is 25.5. The van der Waals surface area contributed by atoms with Gasteiger partial charge >= 0.3 is 0 Å². The third-order valence-corrected chi connectivity index (χ3v) is 6.69. The Morgan fingerprint density at radius 3 is 2.58 bits per heavy atom. The summed E-state index contributed by atoms with van der Waals surface area (Å²) in [6.07, 6.45) is 2.96. The van der Waals surface area contributed by atoms with Crippen molar-refractivity contribution in [2.45, 2.75) is 52.2 Å². The quantitative estimate of drug-likeness (QED) is 0.309. The van der Waals surface area contributed by atoms with Crippen molar-refractivity contribution in [3.8, 4) is 11.3 Å². The fourth-order valence-corrected chi connectivity index (χ4v) is 4.89. The molecule has 0 spiro atoms. The van der Waals surface area contributed by atoms with E-state index in [0.717, 1.165) is 30.2 Å². The Hall–Kier alpha value is -3.23. The summed E-state index contributed by atoms with van der Waals surface area (Å²) in [5, 5.41) is 19.5. The highest BCUT2D eigenvalue weighted by Gasteiger charge is 2.31. The first-order valence-electron chi connectivity index (χ1n) is 12.9. The van der Waals surface area contributed by atoms with Crippen LogP contribution in [0.25, 0.3) is 11.3 Å². The van der Waals surface area contributed by atoms with Gasteiger partial charge < -0.3 is 21.1 Å². The van der Waals surface area contributed by atoms with Crippen LogP contribution in [0.2, 0.25) is 0 Å². The number of benzene rings is 1. The van der Waals surface area contributed by atoms with E-state index in [1.807, 2.05) is 36.4 Å². The van der Waals surface area contributed by atoms with Crippen molar-refractivity contribution in [3.05, 3.63) is 60.3 Å². The van der Waals surface area contributed by atoms with Gasteiger partial charge in [-0.25, -0.2) is 9.97 Å². The minimum absolute atomic E-state index is 0.0338. The third-order valence-electron chi connectivity index (χ3n) is 6.69. The van der Waals surface area contributed by atoms with E-state index in [1.165, 1.54) is 12.0 Å². The predicted octanol–water partition coefficient (Wildman–Crippen LogP) is 4.65. The maximum absolute atomic E-state index is 9.31. The second-order valence-corrected chi connectivity index (χ2v) is 9.99. The summed E-state index contributed by atoms with van der Waals surface area (Å²) in [5.74, 6) is 2.74. The van der Waals surface area contributed by atoms with E-state index in [1.54, 1.807) is 6.20 Å². The Bertz CT molecular complexity index is 1110. The smallest absolute Gasteiger partial charge is 0.225 e. The summed E-state index contributed by atoms with van der Waals surface area (Å²) < 4.78 is 0. The summed E-state index contributed by atoms with van der Waals surface area (Å²) in [4.78, 5) is 16.6. The van der Waals surface area contributed by atoms with Crippen LogP contribution >= 0.6 is 0 Å².